The molecule has 0 atom stereocenters. The molecule has 0 saturated heterocycles. The predicted molar refractivity (Wildman–Crippen MR) is 26.8 cm³/mol. The number of hydrogen-bond acceptors (Lipinski definition) is 0. The van der Waals surface area contributed by atoms with Crippen molar-refractivity contribution in [2.45, 2.75) is 8.25 Å². The second-order valence-corrected chi connectivity index (χ2v) is 10.5. The van der Waals surface area contributed by atoms with E-state index in [2.05, 4.69) is 0 Å². The van der Waals surface area contributed by atoms with Crippen LogP contribution in [0.4, 0.5) is 26.3 Å². The summed E-state index contributed by atoms with van der Waals surface area (Å²) in [5, 5.41) is 0. The number of alkyl halides is 6. The first-order valence-electron chi connectivity index (χ1n) is 1.75. The van der Waals surface area contributed by atoms with Crippen LogP contribution in [0, 0.1) is 0 Å². The van der Waals surface area contributed by atoms with E-state index in [1.54, 1.807) is 12.6 Å². The van der Waals surface area contributed by atoms with Crippen molar-refractivity contribution >= 4 is 30.6 Å². The molecule has 0 unspecified atom stereocenters. The molecule has 0 aromatic carbocycles. The van der Waals surface area contributed by atoms with E-state index in [9.17, 15) is 26.3 Å². The van der Waals surface area contributed by atoms with Gasteiger partial charge >= 0.3 is 65.1 Å². The molecular weight excluding hydrogens is 340 g/mol. The summed E-state index contributed by atoms with van der Waals surface area (Å²) in [7, 11) is 0. The van der Waals surface area contributed by atoms with E-state index < -0.39 is 26.2 Å². The van der Waals surface area contributed by atoms with Gasteiger partial charge in [0.2, 0.25) is 0 Å². The van der Waals surface area contributed by atoms with Gasteiger partial charge in [-0.2, -0.15) is 0 Å². The van der Waals surface area contributed by atoms with Gasteiger partial charge in [0, 0.05) is 0 Å². The third-order valence-corrected chi connectivity index (χ3v) is 8.38. The summed E-state index contributed by atoms with van der Waals surface area (Å²) < 4.78 is 57.4. The third kappa shape index (κ3) is 3.32. The molecule has 10 heavy (non-hydrogen) atoms. The molecule has 0 rings (SSSR count). The molecule has 62 valence electrons. The molecule has 0 amide bonds. The van der Waals surface area contributed by atoms with Crippen molar-refractivity contribution in [1.82, 2.24) is 0 Å². The minimum atomic E-state index is -5.20. The molecule has 0 N–H and O–H groups in total. The maximum atomic E-state index is 11.3. The molecular formula is C2BrF6Sb. The summed E-state index contributed by atoms with van der Waals surface area (Å²) in [4.78, 5) is 0. The van der Waals surface area contributed by atoms with E-state index >= 15 is 0 Å². The van der Waals surface area contributed by atoms with Crippen LogP contribution in [0.3, 0.4) is 0 Å². The second kappa shape index (κ2) is 3.09. The molecule has 0 aromatic rings. The SMILES string of the molecule is F[C](F)(F)[Sb]([Br])[C](F)(F)F. The summed E-state index contributed by atoms with van der Waals surface area (Å²) in [5.41, 5.74) is 0. The Balaban J connectivity index is 4.23. The molecule has 0 radical (unpaired) electrons. The van der Waals surface area contributed by atoms with Crippen LogP contribution in [0.2, 0.25) is 0 Å². The fourth-order valence-electron chi connectivity index (χ4n) is 0.144. The topological polar surface area (TPSA) is 0 Å². The Hall–Kier alpha value is 0.878. The number of halogens is 7. The van der Waals surface area contributed by atoms with Crippen molar-refractivity contribution in [3.05, 3.63) is 0 Å². The zero-order valence-corrected chi connectivity index (χ0v) is 8.23. The van der Waals surface area contributed by atoms with Gasteiger partial charge in [0.1, 0.15) is 0 Å². The Labute approximate surface area is 65.2 Å². The molecule has 0 aliphatic heterocycles. The van der Waals surface area contributed by atoms with E-state index in [-0.39, 0.29) is 0 Å². The van der Waals surface area contributed by atoms with Gasteiger partial charge in [0.25, 0.3) is 0 Å². The number of hydrogen-bond donors (Lipinski definition) is 0. The standard InChI is InChI=1S/2CF3.BrH.Sb/c2*2-1(3)4;;/h;;1H;/q;;;+1/p-1. The summed E-state index contributed by atoms with van der Waals surface area (Å²) in [5.74, 6) is 0. The van der Waals surface area contributed by atoms with Gasteiger partial charge in [-0.3, -0.25) is 0 Å². The second-order valence-electron chi connectivity index (χ2n) is 1.22. The average Bonchev–Trinajstić information content (AvgIpc) is 1.59. The molecule has 0 bridgehead atoms. The Bertz CT molecular complexity index is 99.9. The van der Waals surface area contributed by atoms with Gasteiger partial charge in [-0.15, -0.1) is 0 Å². The molecule has 0 heterocycles. The Morgan fingerprint density at radius 3 is 1.00 bits per heavy atom. The van der Waals surface area contributed by atoms with Gasteiger partial charge in [0.05, 0.1) is 0 Å². The van der Waals surface area contributed by atoms with Crippen LogP contribution in [0.1, 0.15) is 0 Å². The first kappa shape index (κ1) is 10.9. The molecule has 0 nitrogen and oxygen atoms in total. The molecule has 0 spiro atoms. The molecule has 8 heteroatoms. The first-order valence-corrected chi connectivity index (χ1v) is 10.0. The van der Waals surface area contributed by atoms with Crippen LogP contribution < -0.4 is 0 Å². The average molecular weight is 340 g/mol. The number of rotatable bonds is 0. The van der Waals surface area contributed by atoms with Crippen molar-refractivity contribution in [3.63, 3.8) is 0 Å². The van der Waals surface area contributed by atoms with Crippen LogP contribution >= 0.6 is 12.6 Å². The zero-order chi connectivity index (χ0) is 8.58. The van der Waals surface area contributed by atoms with Gasteiger partial charge in [0.15, 0.2) is 0 Å². The summed E-state index contributed by atoms with van der Waals surface area (Å²) in [6, 6.07) is 0. The van der Waals surface area contributed by atoms with Crippen molar-refractivity contribution < 1.29 is 26.3 Å². The minimum absolute atomic E-state index is 1.65. The molecule has 0 aliphatic carbocycles. The van der Waals surface area contributed by atoms with E-state index in [0.29, 0.717) is 0 Å². The van der Waals surface area contributed by atoms with Gasteiger partial charge in [-0.25, -0.2) is 0 Å². The monoisotopic (exact) mass is 338 g/mol. The third-order valence-electron chi connectivity index (χ3n) is 0.445. The summed E-state index contributed by atoms with van der Waals surface area (Å²) in [6.45, 7) is 0. The molecule has 0 fully saturated rings. The Morgan fingerprint density at radius 1 is 0.800 bits per heavy atom. The van der Waals surface area contributed by atoms with Crippen LogP contribution in [-0.4, -0.2) is 26.2 Å². The predicted octanol–water partition coefficient (Wildman–Crippen LogP) is 2.58. The van der Waals surface area contributed by atoms with Crippen LogP contribution in [0.5, 0.6) is 0 Å². The van der Waals surface area contributed by atoms with Crippen molar-refractivity contribution in [2.75, 3.05) is 0 Å². The molecule has 0 aliphatic rings. The van der Waals surface area contributed by atoms with Crippen molar-refractivity contribution in [2.24, 2.45) is 0 Å². The molecule has 0 aromatic heterocycles. The molecule has 0 saturated carbocycles. The first-order chi connectivity index (χ1) is 4.15. The van der Waals surface area contributed by atoms with Gasteiger partial charge in [-0.05, 0) is 0 Å². The van der Waals surface area contributed by atoms with Crippen LogP contribution in [0.25, 0.3) is 0 Å². The van der Waals surface area contributed by atoms with Gasteiger partial charge in [-0.1, -0.05) is 0 Å². The van der Waals surface area contributed by atoms with E-state index in [1.807, 2.05) is 0 Å². The fraction of sp³-hybridized carbons (Fsp3) is 1.00. The van der Waals surface area contributed by atoms with Crippen LogP contribution in [0.15, 0.2) is 0 Å². The van der Waals surface area contributed by atoms with E-state index in [4.69, 9.17) is 0 Å². The van der Waals surface area contributed by atoms with Gasteiger partial charge < -0.3 is 0 Å². The maximum absolute atomic E-state index is 11.3. The normalized spacial score (nSPS) is 14.4. The summed E-state index contributed by atoms with van der Waals surface area (Å²) in [6.07, 6.45) is 0. The quantitative estimate of drug-likeness (QED) is 0.470. The Kier molecular flexibility index (Phi) is 3.36. The summed E-state index contributed by atoms with van der Waals surface area (Å²) >= 11 is -3.54. The zero-order valence-electron chi connectivity index (χ0n) is 4.09. The van der Waals surface area contributed by atoms with Crippen molar-refractivity contribution in [3.8, 4) is 0 Å². The Morgan fingerprint density at radius 2 is 1.00 bits per heavy atom. The van der Waals surface area contributed by atoms with Crippen LogP contribution in [-0.2, 0) is 0 Å². The fourth-order valence-corrected chi connectivity index (χ4v) is 0.964. The van der Waals surface area contributed by atoms with Crippen molar-refractivity contribution in [1.29, 1.82) is 0 Å². The van der Waals surface area contributed by atoms with E-state index in [0.717, 1.165) is 0 Å². The van der Waals surface area contributed by atoms with E-state index in [1.165, 1.54) is 0 Å².